The van der Waals surface area contributed by atoms with E-state index in [1.807, 2.05) is 6.92 Å². The first-order chi connectivity index (χ1) is 12.5. The summed E-state index contributed by atoms with van der Waals surface area (Å²) in [5.41, 5.74) is 0.715. The Morgan fingerprint density at radius 2 is 2.00 bits per heavy atom. The number of nitro benzene ring substituents is 1. The molecule has 2 aromatic carbocycles. The Bertz CT molecular complexity index is 1020. The number of nitrogens with zero attached hydrogens (tertiary/aromatic N) is 2. The molecule has 3 aromatic rings. The quantitative estimate of drug-likeness (QED) is 0.535. The highest BCUT2D eigenvalue weighted by Crippen LogP contribution is 2.20. The summed E-state index contributed by atoms with van der Waals surface area (Å²) < 4.78 is 11.4. The number of non-ortho nitro benzene ring substituents is 1. The van der Waals surface area contributed by atoms with Crippen molar-refractivity contribution in [2.24, 2.45) is 0 Å². The Labute approximate surface area is 146 Å². The Balaban J connectivity index is 1.77. The van der Waals surface area contributed by atoms with E-state index in [4.69, 9.17) is 9.15 Å². The van der Waals surface area contributed by atoms with E-state index in [-0.39, 0.29) is 17.8 Å². The van der Waals surface area contributed by atoms with Gasteiger partial charge in [0.1, 0.15) is 12.3 Å². The number of aromatic nitrogens is 1. The molecule has 0 saturated heterocycles. The van der Waals surface area contributed by atoms with E-state index in [1.54, 1.807) is 24.3 Å². The number of carbonyl (C=O) groups excluding carboxylic acids is 1. The maximum absolute atomic E-state index is 12.2. The van der Waals surface area contributed by atoms with Crippen LogP contribution in [0.25, 0.3) is 11.1 Å². The molecule has 0 aliphatic heterocycles. The van der Waals surface area contributed by atoms with Gasteiger partial charge in [0.15, 0.2) is 5.58 Å². The van der Waals surface area contributed by atoms with Crippen LogP contribution in [-0.4, -0.2) is 22.0 Å². The molecule has 1 N–H and O–H groups in total. The van der Waals surface area contributed by atoms with Gasteiger partial charge >= 0.3 is 5.76 Å². The van der Waals surface area contributed by atoms with Crippen molar-refractivity contribution in [3.05, 3.63) is 63.1 Å². The van der Waals surface area contributed by atoms with Gasteiger partial charge in [0, 0.05) is 11.8 Å². The summed E-state index contributed by atoms with van der Waals surface area (Å²) in [6.07, 6.45) is 0. The maximum atomic E-state index is 12.2. The second kappa shape index (κ2) is 7.09. The van der Waals surface area contributed by atoms with Gasteiger partial charge in [-0.25, -0.2) is 4.79 Å². The largest absolute Gasteiger partial charge is 0.494 e. The number of rotatable bonds is 6. The number of fused-ring (bicyclic) bond motifs is 1. The average molecular weight is 357 g/mol. The molecule has 0 radical (unpaired) electrons. The first-order valence-corrected chi connectivity index (χ1v) is 7.78. The Hall–Kier alpha value is -3.62. The normalized spacial score (nSPS) is 10.7. The topological polar surface area (TPSA) is 117 Å². The van der Waals surface area contributed by atoms with E-state index >= 15 is 0 Å². The molecule has 134 valence electrons. The number of nitrogens with one attached hydrogen (secondary N) is 1. The minimum absolute atomic E-state index is 0.0538. The Morgan fingerprint density at radius 3 is 2.65 bits per heavy atom. The lowest BCUT2D eigenvalue weighted by molar-refractivity contribution is -0.384. The SMILES string of the molecule is CCOc1ccc(NC(=O)Cn2c(=O)oc3cc([N+](=O)[O-])ccc32)cc1. The molecule has 3 rings (SSSR count). The number of nitro groups is 1. The molecule has 1 heterocycles. The van der Waals surface area contributed by atoms with Gasteiger partial charge in [-0.15, -0.1) is 0 Å². The van der Waals surface area contributed by atoms with Gasteiger partial charge in [0.25, 0.3) is 5.69 Å². The van der Waals surface area contributed by atoms with Crippen LogP contribution in [0.1, 0.15) is 6.92 Å². The van der Waals surface area contributed by atoms with E-state index in [0.717, 1.165) is 10.6 Å². The number of carbonyl (C=O) groups is 1. The summed E-state index contributed by atoms with van der Waals surface area (Å²) >= 11 is 0. The molecule has 1 amide bonds. The van der Waals surface area contributed by atoms with Crippen LogP contribution in [0.2, 0.25) is 0 Å². The van der Waals surface area contributed by atoms with Crippen LogP contribution in [0.5, 0.6) is 5.75 Å². The molecule has 0 aliphatic carbocycles. The standard InChI is InChI=1S/C17H15N3O6/c1-2-25-13-6-3-11(4-7-13)18-16(21)10-19-14-8-5-12(20(23)24)9-15(14)26-17(19)22/h3-9H,2,10H2,1H3,(H,18,21). The van der Waals surface area contributed by atoms with Crippen LogP contribution in [0, 0.1) is 10.1 Å². The molecule has 0 saturated carbocycles. The van der Waals surface area contributed by atoms with Crippen LogP contribution in [0.15, 0.2) is 51.7 Å². The van der Waals surface area contributed by atoms with Gasteiger partial charge in [-0.1, -0.05) is 0 Å². The summed E-state index contributed by atoms with van der Waals surface area (Å²) in [4.78, 5) is 34.4. The van der Waals surface area contributed by atoms with Gasteiger partial charge in [-0.05, 0) is 37.3 Å². The van der Waals surface area contributed by atoms with E-state index < -0.39 is 16.6 Å². The van der Waals surface area contributed by atoms with Crippen LogP contribution >= 0.6 is 0 Å². The number of oxazole rings is 1. The first kappa shape index (κ1) is 17.2. The number of hydrogen-bond donors (Lipinski definition) is 1. The Kier molecular flexibility index (Phi) is 4.70. The van der Waals surface area contributed by atoms with Crippen molar-refractivity contribution in [2.75, 3.05) is 11.9 Å². The highest BCUT2D eigenvalue weighted by Gasteiger charge is 2.16. The van der Waals surface area contributed by atoms with Crippen molar-refractivity contribution in [2.45, 2.75) is 13.5 Å². The zero-order valence-corrected chi connectivity index (χ0v) is 13.8. The molecule has 0 fully saturated rings. The lowest BCUT2D eigenvalue weighted by Gasteiger charge is -2.07. The van der Waals surface area contributed by atoms with Crippen LogP contribution in [-0.2, 0) is 11.3 Å². The summed E-state index contributed by atoms with van der Waals surface area (Å²) in [5, 5.41) is 13.5. The van der Waals surface area contributed by atoms with Gasteiger partial charge in [0.2, 0.25) is 5.91 Å². The minimum atomic E-state index is -0.762. The number of amides is 1. The average Bonchev–Trinajstić information content (AvgIpc) is 2.91. The number of benzene rings is 2. The molecule has 9 nitrogen and oxygen atoms in total. The molecule has 0 bridgehead atoms. The predicted molar refractivity (Wildman–Crippen MR) is 93.4 cm³/mol. The third kappa shape index (κ3) is 3.56. The van der Waals surface area contributed by atoms with Crippen molar-refractivity contribution in [1.29, 1.82) is 0 Å². The number of ether oxygens (including phenoxy) is 1. The summed E-state index contributed by atoms with van der Waals surface area (Å²) in [5.74, 6) is -0.510. The van der Waals surface area contributed by atoms with Gasteiger partial charge in [-0.2, -0.15) is 0 Å². The van der Waals surface area contributed by atoms with Gasteiger partial charge < -0.3 is 14.5 Å². The highest BCUT2D eigenvalue weighted by atomic mass is 16.6. The molecular formula is C17H15N3O6. The lowest BCUT2D eigenvalue weighted by atomic mass is 10.3. The predicted octanol–water partition coefficient (Wildman–Crippen LogP) is 2.54. The number of hydrogen-bond acceptors (Lipinski definition) is 6. The molecular weight excluding hydrogens is 342 g/mol. The summed E-state index contributed by atoms with van der Waals surface area (Å²) in [6, 6.07) is 10.6. The summed E-state index contributed by atoms with van der Waals surface area (Å²) in [6.45, 7) is 2.13. The van der Waals surface area contributed by atoms with Crippen molar-refractivity contribution in [1.82, 2.24) is 4.57 Å². The maximum Gasteiger partial charge on any atom is 0.420 e. The second-order valence-electron chi connectivity index (χ2n) is 5.37. The third-order valence-electron chi connectivity index (χ3n) is 3.61. The fourth-order valence-corrected chi connectivity index (χ4v) is 2.46. The minimum Gasteiger partial charge on any atom is -0.494 e. The van der Waals surface area contributed by atoms with Gasteiger partial charge in [0.05, 0.1) is 23.1 Å². The molecule has 0 aliphatic rings. The van der Waals surface area contributed by atoms with Crippen LogP contribution in [0.3, 0.4) is 0 Å². The molecule has 9 heteroatoms. The van der Waals surface area contributed by atoms with Crippen molar-refractivity contribution >= 4 is 28.4 Å². The van der Waals surface area contributed by atoms with Crippen LogP contribution < -0.4 is 15.8 Å². The molecule has 1 aromatic heterocycles. The smallest absolute Gasteiger partial charge is 0.420 e. The molecule has 0 spiro atoms. The molecule has 0 atom stereocenters. The Morgan fingerprint density at radius 1 is 1.27 bits per heavy atom. The molecule has 26 heavy (non-hydrogen) atoms. The van der Waals surface area contributed by atoms with E-state index in [0.29, 0.717) is 23.6 Å². The van der Waals surface area contributed by atoms with Crippen molar-refractivity contribution < 1.29 is 18.9 Å². The molecule has 0 unspecified atom stereocenters. The second-order valence-corrected chi connectivity index (χ2v) is 5.37. The van der Waals surface area contributed by atoms with E-state index in [9.17, 15) is 19.7 Å². The number of anilines is 1. The fraction of sp³-hybridized carbons (Fsp3) is 0.176. The van der Waals surface area contributed by atoms with E-state index in [1.165, 1.54) is 12.1 Å². The summed E-state index contributed by atoms with van der Waals surface area (Å²) in [7, 11) is 0. The highest BCUT2D eigenvalue weighted by molar-refractivity contribution is 5.91. The van der Waals surface area contributed by atoms with Crippen molar-refractivity contribution in [3.8, 4) is 5.75 Å². The van der Waals surface area contributed by atoms with Gasteiger partial charge in [-0.3, -0.25) is 19.5 Å². The zero-order chi connectivity index (χ0) is 18.7. The lowest BCUT2D eigenvalue weighted by Crippen LogP contribution is -2.24. The van der Waals surface area contributed by atoms with E-state index in [2.05, 4.69) is 5.32 Å². The fourth-order valence-electron chi connectivity index (χ4n) is 2.46. The van der Waals surface area contributed by atoms with Crippen LogP contribution in [0.4, 0.5) is 11.4 Å². The first-order valence-electron chi connectivity index (χ1n) is 7.78. The third-order valence-corrected chi connectivity index (χ3v) is 3.61. The zero-order valence-electron chi connectivity index (χ0n) is 13.8. The van der Waals surface area contributed by atoms with Crippen molar-refractivity contribution in [3.63, 3.8) is 0 Å². The monoisotopic (exact) mass is 357 g/mol.